The van der Waals surface area contributed by atoms with Gasteiger partial charge in [-0.2, -0.15) is 0 Å². The first kappa shape index (κ1) is 20.9. The van der Waals surface area contributed by atoms with Crippen molar-refractivity contribution in [2.45, 2.75) is 27.0 Å². The van der Waals surface area contributed by atoms with Crippen molar-refractivity contribution >= 4 is 17.3 Å². The van der Waals surface area contributed by atoms with Crippen LogP contribution in [0.4, 0.5) is 5.69 Å². The molecule has 0 aliphatic rings. The molecule has 29 heavy (non-hydrogen) atoms. The molecule has 1 N–H and O–H groups in total. The molecule has 0 radical (unpaired) electrons. The third-order valence-electron chi connectivity index (χ3n) is 4.47. The smallest absolute Gasteiger partial charge is 0.161 e. The van der Waals surface area contributed by atoms with Gasteiger partial charge in [0.2, 0.25) is 0 Å². The lowest BCUT2D eigenvalue weighted by molar-refractivity contribution is 0.269. The van der Waals surface area contributed by atoms with Gasteiger partial charge in [-0.1, -0.05) is 47.5 Å². The standard InChI is InChI=1S/C24H26ClNO3/c1-4-28-24-13-19(15-26-20-10-12-22(27-3)21(25)14-20)9-11-23(24)29-16-18-7-5-17(2)6-8-18/h5-14,26H,4,15-16H2,1-3H3. The highest BCUT2D eigenvalue weighted by Gasteiger charge is 2.08. The van der Waals surface area contributed by atoms with Crippen molar-refractivity contribution in [3.63, 3.8) is 0 Å². The third kappa shape index (κ3) is 5.81. The molecule has 0 amide bonds. The maximum Gasteiger partial charge on any atom is 0.161 e. The Bertz CT molecular complexity index is 941. The molecule has 0 unspecified atom stereocenters. The van der Waals surface area contributed by atoms with E-state index in [9.17, 15) is 0 Å². The highest BCUT2D eigenvalue weighted by atomic mass is 35.5. The van der Waals surface area contributed by atoms with Crippen molar-refractivity contribution in [3.05, 3.63) is 82.4 Å². The highest BCUT2D eigenvalue weighted by Crippen LogP contribution is 2.31. The van der Waals surface area contributed by atoms with Gasteiger partial charge in [-0.15, -0.1) is 0 Å². The Labute approximate surface area is 177 Å². The van der Waals surface area contributed by atoms with E-state index >= 15 is 0 Å². The Hall–Kier alpha value is -2.85. The molecule has 0 spiro atoms. The Morgan fingerprint density at radius 2 is 1.55 bits per heavy atom. The summed E-state index contributed by atoms with van der Waals surface area (Å²) in [6.45, 7) is 5.76. The number of hydrogen-bond donors (Lipinski definition) is 1. The molecule has 0 aliphatic heterocycles. The van der Waals surface area contributed by atoms with Crippen LogP contribution in [-0.2, 0) is 13.2 Å². The first-order chi connectivity index (χ1) is 14.1. The van der Waals surface area contributed by atoms with Crippen molar-refractivity contribution in [1.29, 1.82) is 0 Å². The summed E-state index contributed by atoms with van der Waals surface area (Å²) in [6.07, 6.45) is 0. The lowest BCUT2D eigenvalue weighted by Gasteiger charge is -2.14. The van der Waals surface area contributed by atoms with Crippen LogP contribution >= 0.6 is 11.6 Å². The number of benzene rings is 3. The van der Waals surface area contributed by atoms with Crippen LogP contribution in [0.5, 0.6) is 17.2 Å². The summed E-state index contributed by atoms with van der Waals surface area (Å²) in [6, 6.07) is 20.0. The number of ether oxygens (including phenoxy) is 3. The molecule has 0 bridgehead atoms. The second-order valence-corrected chi connectivity index (χ2v) is 7.10. The van der Waals surface area contributed by atoms with E-state index in [1.165, 1.54) is 5.56 Å². The Morgan fingerprint density at radius 1 is 0.828 bits per heavy atom. The molecular formula is C24H26ClNO3. The Kier molecular flexibility index (Phi) is 7.25. The van der Waals surface area contributed by atoms with Gasteiger partial charge in [0.25, 0.3) is 0 Å². The van der Waals surface area contributed by atoms with Crippen LogP contribution in [-0.4, -0.2) is 13.7 Å². The number of nitrogens with one attached hydrogen (secondary N) is 1. The molecule has 0 heterocycles. The minimum atomic E-state index is 0.502. The number of anilines is 1. The lowest BCUT2D eigenvalue weighted by Crippen LogP contribution is -2.03. The summed E-state index contributed by atoms with van der Waals surface area (Å²) in [5.74, 6) is 2.14. The first-order valence-electron chi connectivity index (χ1n) is 9.60. The Balaban J connectivity index is 1.66. The lowest BCUT2D eigenvalue weighted by atomic mass is 10.1. The van der Waals surface area contributed by atoms with Gasteiger partial charge in [0.1, 0.15) is 12.4 Å². The average Bonchev–Trinajstić information content (AvgIpc) is 2.73. The fourth-order valence-corrected chi connectivity index (χ4v) is 3.13. The molecule has 0 fully saturated rings. The van der Waals surface area contributed by atoms with Gasteiger partial charge >= 0.3 is 0 Å². The maximum absolute atomic E-state index is 6.19. The van der Waals surface area contributed by atoms with Crippen LogP contribution in [0.25, 0.3) is 0 Å². The van der Waals surface area contributed by atoms with E-state index in [4.69, 9.17) is 25.8 Å². The summed E-state index contributed by atoms with van der Waals surface area (Å²) in [4.78, 5) is 0. The quantitative estimate of drug-likeness (QED) is 0.452. The maximum atomic E-state index is 6.19. The van der Waals surface area contributed by atoms with Crippen LogP contribution < -0.4 is 19.5 Å². The van der Waals surface area contributed by atoms with Crippen molar-refractivity contribution in [2.75, 3.05) is 19.0 Å². The molecule has 0 aromatic heterocycles. The number of aryl methyl sites for hydroxylation is 1. The number of hydrogen-bond acceptors (Lipinski definition) is 4. The molecular weight excluding hydrogens is 386 g/mol. The SMILES string of the molecule is CCOc1cc(CNc2ccc(OC)c(Cl)c2)ccc1OCc1ccc(C)cc1. The molecule has 152 valence electrons. The van der Waals surface area contributed by atoms with Crippen LogP contribution in [0.2, 0.25) is 5.02 Å². The monoisotopic (exact) mass is 411 g/mol. The third-order valence-corrected chi connectivity index (χ3v) is 4.77. The van der Waals surface area contributed by atoms with Gasteiger partial charge in [-0.25, -0.2) is 0 Å². The van der Waals surface area contributed by atoms with Gasteiger partial charge in [0, 0.05) is 12.2 Å². The molecule has 4 nitrogen and oxygen atoms in total. The zero-order valence-electron chi connectivity index (χ0n) is 17.0. The van der Waals surface area contributed by atoms with Gasteiger partial charge < -0.3 is 19.5 Å². The van der Waals surface area contributed by atoms with Crippen molar-refractivity contribution in [2.24, 2.45) is 0 Å². The summed E-state index contributed by atoms with van der Waals surface area (Å²) < 4.78 is 17.0. The predicted octanol–water partition coefficient (Wildman–Crippen LogP) is 6.25. The average molecular weight is 412 g/mol. The summed E-state index contributed by atoms with van der Waals surface area (Å²) in [5, 5.41) is 3.94. The summed E-state index contributed by atoms with van der Waals surface area (Å²) in [5.41, 5.74) is 4.37. The molecule has 3 aromatic carbocycles. The molecule has 3 rings (SSSR count). The van der Waals surface area contributed by atoms with Gasteiger partial charge in [0.05, 0.1) is 18.7 Å². The number of methoxy groups -OCH3 is 1. The van der Waals surface area contributed by atoms with Crippen molar-refractivity contribution < 1.29 is 14.2 Å². The van der Waals surface area contributed by atoms with Crippen molar-refractivity contribution in [1.82, 2.24) is 0 Å². The molecule has 0 aliphatic carbocycles. The second kappa shape index (κ2) is 10.1. The topological polar surface area (TPSA) is 39.7 Å². The molecule has 0 atom stereocenters. The van der Waals surface area contributed by atoms with E-state index in [2.05, 4.69) is 36.5 Å². The van der Waals surface area contributed by atoms with E-state index in [-0.39, 0.29) is 0 Å². The largest absolute Gasteiger partial charge is 0.495 e. The fraction of sp³-hybridized carbons (Fsp3) is 0.250. The molecule has 5 heteroatoms. The molecule has 3 aromatic rings. The number of rotatable bonds is 9. The van der Waals surface area contributed by atoms with Gasteiger partial charge in [-0.05, 0) is 55.3 Å². The molecule has 0 saturated carbocycles. The Morgan fingerprint density at radius 3 is 2.24 bits per heavy atom. The molecule has 0 saturated heterocycles. The fourth-order valence-electron chi connectivity index (χ4n) is 2.88. The predicted molar refractivity (Wildman–Crippen MR) is 118 cm³/mol. The highest BCUT2D eigenvalue weighted by molar-refractivity contribution is 6.32. The minimum Gasteiger partial charge on any atom is -0.495 e. The van der Waals surface area contributed by atoms with Crippen LogP contribution in [0.1, 0.15) is 23.6 Å². The second-order valence-electron chi connectivity index (χ2n) is 6.69. The van der Waals surface area contributed by atoms with Crippen LogP contribution in [0.3, 0.4) is 0 Å². The van der Waals surface area contributed by atoms with Crippen molar-refractivity contribution in [3.8, 4) is 17.2 Å². The summed E-state index contributed by atoms with van der Waals surface area (Å²) in [7, 11) is 1.60. The van der Waals surface area contributed by atoms with Crippen LogP contribution in [0, 0.1) is 6.92 Å². The van der Waals surface area contributed by atoms with Gasteiger partial charge in [0.15, 0.2) is 11.5 Å². The van der Waals surface area contributed by atoms with Gasteiger partial charge in [-0.3, -0.25) is 0 Å². The van der Waals surface area contributed by atoms with E-state index in [1.807, 2.05) is 43.3 Å². The van der Waals surface area contributed by atoms with E-state index in [1.54, 1.807) is 7.11 Å². The van der Waals surface area contributed by atoms with E-state index < -0.39 is 0 Å². The first-order valence-corrected chi connectivity index (χ1v) is 9.98. The number of halogens is 1. The summed E-state index contributed by atoms with van der Waals surface area (Å²) >= 11 is 6.19. The zero-order valence-corrected chi connectivity index (χ0v) is 17.8. The normalized spacial score (nSPS) is 10.5. The zero-order chi connectivity index (χ0) is 20.6. The minimum absolute atomic E-state index is 0.502. The van der Waals surface area contributed by atoms with E-state index in [0.717, 1.165) is 28.3 Å². The van der Waals surface area contributed by atoms with E-state index in [0.29, 0.717) is 30.5 Å². The van der Waals surface area contributed by atoms with Crippen LogP contribution in [0.15, 0.2) is 60.7 Å².